The van der Waals surface area contributed by atoms with E-state index in [-0.39, 0.29) is 23.5 Å². The van der Waals surface area contributed by atoms with Gasteiger partial charge in [-0.3, -0.25) is 0 Å². The summed E-state index contributed by atoms with van der Waals surface area (Å²) in [6.45, 7) is 0. The summed E-state index contributed by atoms with van der Waals surface area (Å²) < 4.78 is 25.4. The molecule has 1 saturated heterocycles. The van der Waals surface area contributed by atoms with Gasteiger partial charge in [-0.05, 0) is 0 Å². The van der Waals surface area contributed by atoms with E-state index in [1.165, 1.54) is 0 Å². The highest BCUT2D eigenvalue weighted by molar-refractivity contribution is 7.92. The summed E-state index contributed by atoms with van der Waals surface area (Å²) in [6, 6.07) is -0.0302. The largest absolute Gasteiger partial charge is 0.367 e. The Morgan fingerprint density at radius 2 is 2.23 bits per heavy atom. The van der Waals surface area contributed by atoms with Gasteiger partial charge < -0.3 is 11.1 Å². The van der Waals surface area contributed by atoms with Crippen molar-refractivity contribution in [2.24, 2.45) is 0 Å². The van der Waals surface area contributed by atoms with Crippen LogP contribution in [0.1, 0.15) is 0 Å². The van der Waals surface area contributed by atoms with Gasteiger partial charge in [0.2, 0.25) is 11.1 Å². The number of hydrogen-bond donors (Lipinski definition) is 2. The standard InChI is InChI=1S/C5H8N4O2S2/c6-4-8-5(12-9-4)7-3-1-13(10,11)2-3/h3H,1-2H2,(H3,6,7,8,9). The summed E-state index contributed by atoms with van der Waals surface area (Å²) >= 11 is 1.14. The lowest BCUT2D eigenvalue weighted by Gasteiger charge is -2.25. The quantitative estimate of drug-likeness (QED) is 0.686. The molecule has 0 amide bonds. The van der Waals surface area contributed by atoms with Crippen molar-refractivity contribution in [3.8, 4) is 0 Å². The fraction of sp³-hybridized carbons (Fsp3) is 0.600. The van der Waals surface area contributed by atoms with Gasteiger partial charge in [-0.25, -0.2) is 8.42 Å². The molecule has 0 atom stereocenters. The van der Waals surface area contributed by atoms with Crippen molar-refractivity contribution in [1.82, 2.24) is 9.36 Å². The van der Waals surface area contributed by atoms with E-state index in [1.54, 1.807) is 0 Å². The topological polar surface area (TPSA) is 98.0 Å². The Bertz CT molecular complexity index is 400. The first-order valence-corrected chi connectivity index (χ1v) is 6.21. The van der Waals surface area contributed by atoms with E-state index >= 15 is 0 Å². The molecule has 0 saturated carbocycles. The molecule has 0 bridgehead atoms. The first-order valence-electron chi connectivity index (χ1n) is 3.61. The van der Waals surface area contributed by atoms with Gasteiger partial charge >= 0.3 is 0 Å². The van der Waals surface area contributed by atoms with E-state index in [9.17, 15) is 8.42 Å². The summed E-state index contributed by atoms with van der Waals surface area (Å²) in [5.74, 6) is 0.563. The number of sulfone groups is 1. The van der Waals surface area contributed by atoms with Crippen molar-refractivity contribution < 1.29 is 8.42 Å². The summed E-state index contributed by atoms with van der Waals surface area (Å²) in [5.41, 5.74) is 5.30. The van der Waals surface area contributed by atoms with Crippen LogP contribution in [0.15, 0.2) is 0 Å². The maximum Gasteiger partial charge on any atom is 0.233 e. The van der Waals surface area contributed by atoms with Crippen LogP contribution in [0.5, 0.6) is 0 Å². The van der Waals surface area contributed by atoms with Crippen LogP contribution in [0.2, 0.25) is 0 Å². The number of nitrogen functional groups attached to an aromatic ring is 1. The third kappa shape index (κ3) is 1.89. The van der Waals surface area contributed by atoms with Crippen molar-refractivity contribution in [3.05, 3.63) is 0 Å². The Morgan fingerprint density at radius 3 is 2.69 bits per heavy atom. The average molecular weight is 220 g/mol. The first kappa shape index (κ1) is 8.70. The summed E-state index contributed by atoms with van der Waals surface area (Å²) in [6.07, 6.45) is 0. The Labute approximate surface area is 79.3 Å². The number of nitrogens with zero attached hydrogens (tertiary/aromatic N) is 2. The lowest BCUT2D eigenvalue weighted by molar-refractivity contribution is 0.570. The zero-order chi connectivity index (χ0) is 9.47. The third-order valence-electron chi connectivity index (χ3n) is 1.68. The molecule has 1 aliphatic heterocycles. The van der Waals surface area contributed by atoms with Crippen molar-refractivity contribution in [2.45, 2.75) is 6.04 Å². The molecule has 3 N–H and O–H groups in total. The number of nitrogens with two attached hydrogens (primary N) is 1. The van der Waals surface area contributed by atoms with Gasteiger partial charge in [0.25, 0.3) is 0 Å². The second-order valence-electron chi connectivity index (χ2n) is 2.88. The van der Waals surface area contributed by atoms with Crippen LogP contribution in [0, 0.1) is 0 Å². The first-order chi connectivity index (χ1) is 6.05. The van der Waals surface area contributed by atoms with Gasteiger partial charge in [0, 0.05) is 11.5 Å². The molecule has 1 aliphatic rings. The molecule has 1 aromatic rings. The van der Waals surface area contributed by atoms with Crippen molar-refractivity contribution in [3.63, 3.8) is 0 Å². The summed E-state index contributed by atoms with van der Waals surface area (Å²) in [7, 11) is -2.78. The number of hydrogen-bond acceptors (Lipinski definition) is 7. The summed E-state index contributed by atoms with van der Waals surface area (Å²) in [5, 5.41) is 3.52. The van der Waals surface area contributed by atoms with Gasteiger partial charge in [-0.15, -0.1) is 0 Å². The highest BCUT2D eigenvalue weighted by atomic mass is 32.2. The Kier molecular flexibility index (Phi) is 1.88. The molecular formula is C5H8N4O2S2. The predicted octanol–water partition coefficient (Wildman–Crippen LogP) is -0.671. The molecule has 0 aromatic carbocycles. The number of anilines is 2. The van der Waals surface area contributed by atoms with E-state index in [1.807, 2.05) is 0 Å². The Hall–Kier alpha value is -0.890. The van der Waals surface area contributed by atoms with Crippen LogP contribution in [-0.4, -0.2) is 35.3 Å². The van der Waals surface area contributed by atoms with Crippen molar-refractivity contribution in [2.75, 3.05) is 22.6 Å². The highest BCUT2D eigenvalue weighted by Crippen LogP contribution is 2.18. The number of rotatable bonds is 2. The SMILES string of the molecule is Nc1nsc(NC2CS(=O)(=O)C2)n1. The molecular weight excluding hydrogens is 212 g/mol. The van der Waals surface area contributed by atoms with Crippen LogP contribution in [0.3, 0.4) is 0 Å². The van der Waals surface area contributed by atoms with Crippen molar-refractivity contribution >= 4 is 32.4 Å². The van der Waals surface area contributed by atoms with E-state index in [0.29, 0.717) is 5.13 Å². The average Bonchev–Trinajstić information content (AvgIpc) is 2.31. The predicted molar refractivity (Wildman–Crippen MR) is 50.4 cm³/mol. The van der Waals surface area contributed by atoms with Gasteiger partial charge in [-0.1, -0.05) is 0 Å². The van der Waals surface area contributed by atoms with Gasteiger partial charge in [0.05, 0.1) is 17.5 Å². The smallest absolute Gasteiger partial charge is 0.233 e. The molecule has 0 unspecified atom stereocenters. The lowest BCUT2D eigenvalue weighted by Crippen LogP contribution is -2.46. The molecule has 6 nitrogen and oxygen atoms in total. The fourth-order valence-electron chi connectivity index (χ4n) is 1.12. The van der Waals surface area contributed by atoms with Gasteiger partial charge in [0.15, 0.2) is 9.84 Å². The minimum absolute atomic E-state index is 0.0302. The van der Waals surface area contributed by atoms with Gasteiger partial charge in [0.1, 0.15) is 0 Å². The van der Waals surface area contributed by atoms with E-state index in [4.69, 9.17) is 5.73 Å². The van der Waals surface area contributed by atoms with Crippen LogP contribution in [0.25, 0.3) is 0 Å². The fourth-order valence-corrected chi connectivity index (χ4v) is 2.99. The second kappa shape index (κ2) is 2.81. The minimum atomic E-state index is -2.78. The molecule has 2 heterocycles. The molecule has 2 rings (SSSR count). The van der Waals surface area contributed by atoms with Crippen LogP contribution in [0.4, 0.5) is 11.1 Å². The summed E-state index contributed by atoms with van der Waals surface area (Å²) in [4.78, 5) is 3.86. The molecule has 0 aliphatic carbocycles. The zero-order valence-electron chi connectivity index (χ0n) is 6.60. The molecule has 0 radical (unpaired) electrons. The number of nitrogens with one attached hydrogen (secondary N) is 1. The Morgan fingerprint density at radius 1 is 1.54 bits per heavy atom. The van der Waals surface area contributed by atoms with E-state index in [0.717, 1.165) is 11.5 Å². The molecule has 0 spiro atoms. The maximum absolute atomic E-state index is 10.8. The molecule has 72 valence electrons. The molecule has 1 aromatic heterocycles. The molecule has 8 heteroatoms. The monoisotopic (exact) mass is 220 g/mol. The minimum Gasteiger partial charge on any atom is -0.367 e. The van der Waals surface area contributed by atoms with Crippen LogP contribution < -0.4 is 11.1 Å². The van der Waals surface area contributed by atoms with Crippen molar-refractivity contribution in [1.29, 1.82) is 0 Å². The number of aromatic nitrogens is 2. The normalized spacial score (nSPS) is 20.9. The zero-order valence-corrected chi connectivity index (χ0v) is 8.23. The molecule has 13 heavy (non-hydrogen) atoms. The second-order valence-corrected chi connectivity index (χ2v) is 5.78. The lowest BCUT2D eigenvalue weighted by atomic mass is 10.4. The third-order valence-corrected chi connectivity index (χ3v) is 4.16. The van der Waals surface area contributed by atoms with E-state index < -0.39 is 9.84 Å². The molecule has 1 fully saturated rings. The maximum atomic E-state index is 10.8. The van der Waals surface area contributed by atoms with Crippen LogP contribution in [-0.2, 0) is 9.84 Å². The highest BCUT2D eigenvalue weighted by Gasteiger charge is 2.33. The Balaban J connectivity index is 1.94. The van der Waals surface area contributed by atoms with E-state index in [2.05, 4.69) is 14.7 Å². The van der Waals surface area contributed by atoms with Crippen LogP contribution >= 0.6 is 11.5 Å². The van der Waals surface area contributed by atoms with Gasteiger partial charge in [-0.2, -0.15) is 9.36 Å².